The molecule has 0 aromatic rings. The van der Waals surface area contributed by atoms with E-state index in [1.54, 1.807) is 11.8 Å². The average molecular weight is 158 g/mol. The second kappa shape index (κ2) is 3.19. The fourth-order valence-electron chi connectivity index (χ4n) is 1.15. The summed E-state index contributed by atoms with van der Waals surface area (Å²) in [6.07, 6.45) is 0. The maximum Gasteiger partial charge on any atom is 0.239 e. The normalized spacial score (nSPS) is 21.2. The van der Waals surface area contributed by atoms with E-state index >= 15 is 0 Å². The molecule has 1 unspecified atom stereocenters. The van der Waals surface area contributed by atoms with Crippen LogP contribution in [0, 0.1) is 5.92 Å². The Kier molecular flexibility index (Phi) is 2.46. The number of rotatable bonds is 2. The van der Waals surface area contributed by atoms with Crippen molar-refractivity contribution in [3.05, 3.63) is 0 Å². The molecule has 0 aromatic carbocycles. The summed E-state index contributed by atoms with van der Waals surface area (Å²) in [6.45, 7) is 3.17. The van der Waals surface area contributed by atoms with Crippen LogP contribution in [0.25, 0.3) is 0 Å². The number of hydrogen-bond acceptors (Lipinski definition) is 3. The number of amides is 1. The standard InChI is InChI=1S/C7H14N2O2/c1-5(8)7(11)9-2-6(3-9)4-10/h5-6,10H,2-4,8H2,1H3. The molecule has 4 nitrogen and oxygen atoms in total. The molecule has 0 aromatic heterocycles. The minimum atomic E-state index is -0.408. The molecule has 0 radical (unpaired) electrons. The second-order valence-electron chi connectivity index (χ2n) is 3.08. The Morgan fingerprint density at radius 3 is 2.73 bits per heavy atom. The molecule has 64 valence electrons. The van der Waals surface area contributed by atoms with Gasteiger partial charge in [-0.05, 0) is 6.92 Å². The number of carbonyl (C=O) groups is 1. The van der Waals surface area contributed by atoms with E-state index in [0.717, 1.165) is 0 Å². The third-order valence-electron chi connectivity index (χ3n) is 1.92. The summed E-state index contributed by atoms with van der Waals surface area (Å²) in [6, 6.07) is -0.408. The number of aliphatic hydroxyl groups is 1. The van der Waals surface area contributed by atoms with E-state index in [-0.39, 0.29) is 18.4 Å². The van der Waals surface area contributed by atoms with E-state index in [0.29, 0.717) is 13.1 Å². The predicted molar refractivity (Wildman–Crippen MR) is 40.8 cm³/mol. The van der Waals surface area contributed by atoms with Crippen molar-refractivity contribution < 1.29 is 9.90 Å². The minimum Gasteiger partial charge on any atom is -0.396 e. The van der Waals surface area contributed by atoms with Crippen molar-refractivity contribution in [3.8, 4) is 0 Å². The lowest BCUT2D eigenvalue weighted by Gasteiger charge is -2.39. The van der Waals surface area contributed by atoms with E-state index in [1.807, 2.05) is 0 Å². The summed E-state index contributed by atoms with van der Waals surface area (Å²) in [5.74, 6) is 0.257. The van der Waals surface area contributed by atoms with Crippen molar-refractivity contribution in [2.45, 2.75) is 13.0 Å². The number of aliphatic hydroxyl groups excluding tert-OH is 1. The topological polar surface area (TPSA) is 66.6 Å². The highest BCUT2D eigenvalue weighted by atomic mass is 16.3. The molecule has 0 bridgehead atoms. The number of likely N-dealkylation sites (tertiary alicyclic amines) is 1. The van der Waals surface area contributed by atoms with Crippen LogP contribution in [0.15, 0.2) is 0 Å². The summed E-state index contributed by atoms with van der Waals surface area (Å²) in [7, 11) is 0. The van der Waals surface area contributed by atoms with Gasteiger partial charge in [0, 0.05) is 25.6 Å². The molecule has 0 aliphatic carbocycles. The van der Waals surface area contributed by atoms with E-state index in [4.69, 9.17) is 10.8 Å². The number of hydrogen-bond donors (Lipinski definition) is 2. The molecule has 1 rings (SSSR count). The first-order valence-electron chi connectivity index (χ1n) is 3.80. The second-order valence-corrected chi connectivity index (χ2v) is 3.08. The van der Waals surface area contributed by atoms with Crippen LogP contribution in [0.2, 0.25) is 0 Å². The highest BCUT2D eigenvalue weighted by Gasteiger charge is 2.30. The van der Waals surface area contributed by atoms with Crippen LogP contribution in [-0.2, 0) is 4.79 Å². The third-order valence-corrected chi connectivity index (χ3v) is 1.92. The van der Waals surface area contributed by atoms with Gasteiger partial charge in [-0.3, -0.25) is 4.79 Å². The van der Waals surface area contributed by atoms with Crippen LogP contribution in [0.1, 0.15) is 6.92 Å². The molecular formula is C7H14N2O2. The minimum absolute atomic E-state index is 0.0188. The van der Waals surface area contributed by atoms with Gasteiger partial charge in [0.2, 0.25) is 5.91 Å². The zero-order valence-electron chi connectivity index (χ0n) is 6.66. The SMILES string of the molecule is CC(N)C(=O)N1CC(CO)C1. The maximum absolute atomic E-state index is 11.1. The van der Waals surface area contributed by atoms with Crippen molar-refractivity contribution in [1.29, 1.82) is 0 Å². The van der Waals surface area contributed by atoms with Crippen molar-refractivity contribution >= 4 is 5.91 Å². The Balaban J connectivity index is 2.27. The Bertz CT molecular complexity index is 153. The quantitative estimate of drug-likeness (QED) is 0.529. The average Bonchev–Trinajstić information content (AvgIpc) is 1.85. The van der Waals surface area contributed by atoms with Gasteiger partial charge >= 0.3 is 0 Å². The van der Waals surface area contributed by atoms with Gasteiger partial charge in [0.05, 0.1) is 6.04 Å². The monoisotopic (exact) mass is 158 g/mol. The first-order chi connectivity index (χ1) is 5.15. The fourth-order valence-corrected chi connectivity index (χ4v) is 1.15. The van der Waals surface area contributed by atoms with Gasteiger partial charge in [0.1, 0.15) is 0 Å². The van der Waals surface area contributed by atoms with E-state index < -0.39 is 6.04 Å². The van der Waals surface area contributed by atoms with E-state index in [2.05, 4.69) is 0 Å². The molecule has 1 fully saturated rings. The Hall–Kier alpha value is -0.610. The van der Waals surface area contributed by atoms with Gasteiger partial charge in [0.15, 0.2) is 0 Å². The van der Waals surface area contributed by atoms with Gasteiger partial charge in [0.25, 0.3) is 0 Å². The molecule has 3 N–H and O–H groups in total. The molecule has 4 heteroatoms. The van der Waals surface area contributed by atoms with E-state index in [9.17, 15) is 4.79 Å². The largest absolute Gasteiger partial charge is 0.396 e. The fraction of sp³-hybridized carbons (Fsp3) is 0.857. The van der Waals surface area contributed by atoms with Gasteiger partial charge in [-0.1, -0.05) is 0 Å². The van der Waals surface area contributed by atoms with Gasteiger partial charge in [-0.15, -0.1) is 0 Å². The summed E-state index contributed by atoms with van der Waals surface area (Å²) in [5, 5.41) is 8.65. The van der Waals surface area contributed by atoms with Gasteiger partial charge in [-0.25, -0.2) is 0 Å². The number of nitrogens with zero attached hydrogens (tertiary/aromatic N) is 1. The van der Waals surface area contributed by atoms with Crippen LogP contribution in [0.3, 0.4) is 0 Å². The zero-order chi connectivity index (χ0) is 8.43. The summed E-state index contributed by atoms with van der Waals surface area (Å²) in [4.78, 5) is 12.8. The first-order valence-corrected chi connectivity index (χ1v) is 3.80. The zero-order valence-corrected chi connectivity index (χ0v) is 6.66. The lowest BCUT2D eigenvalue weighted by Crippen LogP contribution is -2.55. The van der Waals surface area contributed by atoms with Gasteiger partial charge < -0.3 is 15.7 Å². The van der Waals surface area contributed by atoms with E-state index in [1.165, 1.54) is 0 Å². The van der Waals surface area contributed by atoms with Crippen LogP contribution in [0.4, 0.5) is 0 Å². The highest BCUT2D eigenvalue weighted by Crippen LogP contribution is 2.14. The Labute approximate surface area is 66.0 Å². The van der Waals surface area contributed by atoms with Crippen molar-refractivity contribution in [2.75, 3.05) is 19.7 Å². The lowest BCUT2D eigenvalue weighted by molar-refractivity contribution is -0.139. The Morgan fingerprint density at radius 2 is 2.36 bits per heavy atom. The summed E-state index contributed by atoms with van der Waals surface area (Å²) >= 11 is 0. The molecule has 1 heterocycles. The molecule has 1 saturated heterocycles. The molecule has 1 amide bonds. The molecule has 0 saturated carbocycles. The molecule has 1 aliphatic rings. The van der Waals surface area contributed by atoms with Crippen LogP contribution >= 0.6 is 0 Å². The smallest absolute Gasteiger partial charge is 0.239 e. The molecule has 0 spiro atoms. The highest BCUT2D eigenvalue weighted by molar-refractivity contribution is 5.81. The molecule has 1 atom stereocenters. The third kappa shape index (κ3) is 1.70. The molecular weight excluding hydrogens is 144 g/mol. The van der Waals surface area contributed by atoms with Crippen molar-refractivity contribution in [2.24, 2.45) is 11.7 Å². The maximum atomic E-state index is 11.1. The van der Waals surface area contributed by atoms with Crippen LogP contribution < -0.4 is 5.73 Å². The summed E-state index contributed by atoms with van der Waals surface area (Å²) < 4.78 is 0. The number of nitrogens with two attached hydrogens (primary N) is 1. The van der Waals surface area contributed by atoms with Gasteiger partial charge in [-0.2, -0.15) is 0 Å². The first kappa shape index (κ1) is 8.49. The molecule has 11 heavy (non-hydrogen) atoms. The lowest BCUT2D eigenvalue weighted by atomic mass is 10.0. The summed E-state index contributed by atoms with van der Waals surface area (Å²) in [5.41, 5.74) is 5.38. The van der Waals surface area contributed by atoms with Crippen molar-refractivity contribution in [1.82, 2.24) is 4.90 Å². The molecule has 1 aliphatic heterocycles. The predicted octanol–water partition coefficient (Wildman–Crippen LogP) is -1.22. The number of carbonyl (C=O) groups excluding carboxylic acids is 1. The Morgan fingerprint density at radius 1 is 1.82 bits per heavy atom. The van der Waals surface area contributed by atoms with Crippen LogP contribution in [-0.4, -0.2) is 41.7 Å². The van der Waals surface area contributed by atoms with Crippen LogP contribution in [0.5, 0.6) is 0 Å². The van der Waals surface area contributed by atoms with Crippen molar-refractivity contribution in [3.63, 3.8) is 0 Å².